The van der Waals surface area contributed by atoms with Crippen LogP contribution in [0.15, 0.2) is 18.3 Å². The Hall–Kier alpha value is -1.38. The second-order valence-electron chi connectivity index (χ2n) is 5.66. The van der Waals surface area contributed by atoms with Gasteiger partial charge in [-0.05, 0) is 18.6 Å². The van der Waals surface area contributed by atoms with Crippen molar-refractivity contribution in [2.24, 2.45) is 5.41 Å². The highest BCUT2D eigenvalue weighted by Crippen LogP contribution is 2.24. The maximum atomic E-state index is 8.26. The number of hydrogen-bond acceptors (Lipinski definition) is 3. The molecule has 0 saturated carbocycles. The fraction of sp³-hybridized carbons (Fsp3) is 0.600. The molecule has 0 fully saturated rings. The molecule has 3 heteroatoms. The fourth-order valence-corrected chi connectivity index (χ4v) is 1.73. The van der Waals surface area contributed by atoms with Crippen molar-refractivity contribution in [2.45, 2.75) is 47.0 Å². The van der Waals surface area contributed by atoms with Crippen molar-refractivity contribution in [1.82, 2.24) is 4.98 Å². The molecule has 0 saturated heterocycles. The third-order valence-electron chi connectivity index (χ3n) is 2.90. The summed E-state index contributed by atoms with van der Waals surface area (Å²) < 4.78 is 0. The van der Waals surface area contributed by atoms with Crippen LogP contribution >= 0.6 is 0 Å². The number of nitrogens with zero attached hydrogens (tertiary/aromatic N) is 1. The third kappa shape index (κ3) is 4.13. The van der Waals surface area contributed by atoms with Crippen LogP contribution in [-0.4, -0.2) is 17.2 Å². The van der Waals surface area contributed by atoms with Crippen LogP contribution in [0.5, 0.6) is 0 Å². The van der Waals surface area contributed by atoms with E-state index in [0.29, 0.717) is 5.71 Å². The first-order chi connectivity index (χ1) is 8.46. The highest BCUT2D eigenvalue weighted by molar-refractivity contribution is 6.05. The van der Waals surface area contributed by atoms with E-state index in [9.17, 15) is 0 Å². The monoisotopic (exact) mass is 247 g/mol. The van der Waals surface area contributed by atoms with Gasteiger partial charge in [0.25, 0.3) is 0 Å². The maximum Gasteiger partial charge on any atom is 0.135 e. The van der Waals surface area contributed by atoms with Gasteiger partial charge in [0.05, 0.1) is 0 Å². The van der Waals surface area contributed by atoms with Gasteiger partial charge in [-0.2, -0.15) is 0 Å². The zero-order valence-electron chi connectivity index (χ0n) is 12.0. The van der Waals surface area contributed by atoms with Crippen molar-refractivity contribution in [3.8, 4) is 0 Å². The average molecular weight is 247 g/mol. The first-order valence-electron chi connectivity index (χ1n) is 6.75. The number of hydrogen-bond donors (Lipinski definition) is 2. The van der Waals surface area contributed by atoms with E-state index in [2.05, 4.69) is 38.0 Å². The highest BCUT2D eigenvalue weighted by atomic mass is 15.0. The molecule has 1 aromatic heterocycles. The van der Waals surface area contributed by atoms with E-state index in [-0.39, 0.29) is 5.41 Å². The second-order valence-corrected chi connectivity index (χ2v) is 5.66. The summed E-state index contributed by atoms with van der Waals surface area (Å²) in [4.78, 5) is 4.36. The van der Waals surface area contributed by atoms with E-state index in [1.807, 2.05) is 12.1 Å². The van der Waals surface area contributed by atoms with Crippen LogP contribution in [0.1, 0.15) is 52.5 Å². The molecule has 0 aromatic carbocycles. The van der Waals surface area contributed by atoms with Crippen molar-refractivity contribution in [3.05, 3.63) is 23.9 Å². The summed E-state index contributed by atoms with van der Waals surface area (Å²) in [5, 5.41) is 11.6. The van der Waals surface area contributed by atoms with Gasteiger partial charge in [-0.1, -0.05) is 40.5 Å². The van der Waals surface area contributed by atoms with E-state index in [1.165, 1.54) is 12.8 Å². The van der Waals surface area contributed by atoms with Crippen molar-refractivity contribution in [3.63, 3.8) is 0 Å². The predicted octanol–water partition coefficient (Wildman–Crippen LogP) is 4.10. The van der Waals surface area contributed by atoms with Gasteiger partial charge < -0.3 is 10.7 Å². The molecule has 0 radical (unpaired) electrons. The van der Waals surface area contributed by atoms with Gasteiger partial charge in [0, 0.05) is 29.4 Å². The number of anilines is 1. The van der Waals surface area contributed by atoms with Gasteiger partial charge in [-0.15, -0.1) is 0 Å². The van der Waals surface area contributed by atoms with Gasteiger partial charge in [0.1, 0.15) is 5.82 Å². The third-order valence-corrected chi connectivity index (χ3v) is 2.90. The number of unbranched alkanes of at least 4 members (excludes halogenated alkanes) is 2. The summed E-state index contributed by atoms with van der Waals surface area (Å²) in [7, 11) is 0. The SMILES string of the molecule is CCCCCNc1ncccc1C(=N)C(C)(C)C. The molecule has 18 heavy (non-hydrogen) atoms. The number of nitrogens with one attached hydrogen (secondary N) is 2. The van der Waals surface area contributed by atoms with Gasteiger partial charge in [0.15, 0.2) is 0 Å². The molecule has 3 nitrogen and oxygen atoms in total. The standard InChI is InChI=1S/C15H25N3/c1-5-6-7-10-17-14-12(9-8-11-18-14)13(16)15(2,3)4/h8-9,11,16H,5-7,10H2,1-4H3,(H,17,18). The van der Waals surface area contributed by atoms with E-state index in [1.54, 1.807) is 6.20 Å². The molecule has 0 atom stereocenters. The van der Waals surface area contributed by atoms with E-state index in [0.717, 1.165) is 24.3 Å². The topological polar surface area (TPSA) is 48.8 Å². The Labute approximate surface area is 111 Å². The van der Waals surface area contributed by atoms with Crippen molar-refractivity contribution in [1.29, 1.82) is 5.41 Å². The van der Waals surface area contributed by atoms with E-state index >= 15 is 0 Å². The zero-order valence-corrected chi connectivity index (χ0v) is 12.0. The molecule has 0 amide bonds. The Morgan fingerprint density at radius 3 is 2.67 bits per heavy atom. The molecule has 1 aromatic rings. The van der Waals surface area contributed by atoms with E-state index in [4.69, 9.17) is 5.41 Å². The fourth-order valence-electron chi connectivity index (χ4n) is 1.73. The maximum absolute atomic E-state index is 8.26. The van der Waals surface area contributed by atoms with Crippen molar-refractivity contribution in [2.75, 3.05) is 11.9 Å². The van der Waals surface area contributed by atoms with Crippen LogP contribution < -0.4 is 5.32 Å². The normalized spacial score (nSPS) is 11.3. The van der Waals surface area contributed by atoms with Crippen molar-refractivity contribution < 1.29 is 0 Å². The molecule has 100 valence electrons. The largest absolute Gasteiger partial charge is 0.370 e. The lowest BCUT2D eigenvalue weighted by Crippen LogP contribution is -2.22. The number of rotatable bonds is 6. The Morgan fingerprint density at radius 1 is 1.33 bits per heavy atom. The summed E-state index contributed by atoms with van der Waals surface area (Å²) in [5.74, 6) is 0.841. The molecule has 2 N–H and O–H groups in total. The Bertz CT molecular complexity index is 391. The lowest BCUT2D eigenvalue weighted by atomic mass is 9.86. The Balaban J connectivity index is 2.77. The van der Waals surface area contributed by atoms with E-state index < -0.39 is 0 Å². The molecular weight excluding hydrogens is 222 g/mol. The molecule has 0 bridgehead atoms. The summed E-state index contributed by atoms with van der Waals surface area (Å²) in [6.45, 7) is 9.30. The molecule has 1 heterocycles. The molecule has 0 aliphatic heterocycles. The van der Waals surface area contributed by atoms with Crippen LogP contribution in [0.25, 0.3) is 0 Å². The van der Waals surface area contributed by atoms with Gasteiger partial charge >= 0.3 is 0 Å². The second kappa shape index (κ2) is 6.53. The first kappa shape index (κ1) is 14.7. The minimum Gasteiger partial charge on any atom is -0.370 e. The smallest absolute Gasteiger partial charge is 0.135 e. The highest BCUT2D eigenvalue weighted by Gasteiger charge is 2.21. The van der Waals surface area contributed by atoms with Crippen LogP contribution in [0.3, 0.4) is 0 Å². The lowest BCUT2D eigenvalue weighted by Gasteiger charge is -2.22. The summed E-state index contributed by atoms with van der Waals surface area (Å²) in [6, 6.07) is 3.87. The van der Waals surface area contributed by atoms with Crippen LogP contribution in [-0.2, 0) is 0 Å². The first-order valence-corrected chi connectivity index (χ1v) is 6.75. The number of pyridine rings is 1. The van der Waals surface area contributed by atoms with Gasteiger partial charge in [-0.3, -0.25) is 0 Å². The number of aromatic nitrogens is 1. The molecular formula is C15H25N3. The lowest BCUT2D eigenvalue weighted by molar-refractivity contribution is 0.588. The summed E-state index contributed by atoms with van der Waals surface area (Å²) >= 11 is 0. The van der Waals surface area contributed by atoms with Crippen LogP contribution in [0, 0.1) is 10.8 Å². The minimum absolute atomic E-state index is 0.150. The quantitative estimate of drug-likeness (QED) is 0.587. The molecule has 1 rings (SSSR count). The van der Waals surface area contributed by atoms with Gasteiger partial charge in [-0.25, -0.2) is 4.98 Å². The summed E-state index contributed by atoms with van der Waals surface area (Å²) in [6.07, 6.45) is 5.37. The van der Waals surface area contributed by atoms with Crippen LogP contribution in [0.4, 0.5) is 5.82 Å². The van der Waals surface area contributed by atoms with Gasteiger partial charge in [0.2, 0.25) is 0 Å². The van der Waals surface area contributed by atoms with Crippen LogP contribution in [0.2, 0.25) is 0 Å². The Kier molecular flexibility index (Phi) is 5.32. The molecule has 0 aliphatic rings. The molecule has 0 spiro atoms. The van der Waals surface area contributed by atoms with Crippen molar-refractivity contribution >= 4 is 11.5 Å². The molecule has 0 unspecified atom stereocenters. The Morgan fingerprint density at radius 2 is 2.06 bits per heavy atom. The zero-order chi connectivity index (χ0) is 13.6. The minimum atomic E-state index is -0.150. The average Bonchev–Trinajstić information content (AvgIpc) is 2.33. The molecule has 0 aliphatic carbocycles. The predicted molar refractivity (Wildman–Crippen MR) is 78.5 cm³/mol. The summed E-state index contributed by atoms with van der Waals surface area (Å²) in [5.41, 5.74) is 1.40.